The molecule has 0 spiro atoms. The number of rotatable bonds is 10. The minimum atomic E-state index is -1.13. The third kappa shape index (κ3) is 5.49. The van der Waals surface area contributed by atoms with Gasteiger partial charge in [0.25, 0.3) is 0 Å². The average molecular weight is 416 g/mol. The zero-order valence-electron chi connectivity index (χ0n) is 18.0. The zero-order chi connectivity index (χ0) is 22.1. The molecule has 0 bridgehead atoms. The predicted molar refractivity (Wildman–Crippen MR) is 120 cm³/mol. The molecule has 1 aliphatic rings. The molecule has 0 saturated heterocycles. The van der Waals surface area contributed by atoms with E-state index < -0.39 is 17.5 Å². The number of unbranched alkanes of at least 4 members (excludes halogenated alkanes) is 3. The van der Waals surface area contributed by atoms with Gasteiger partial charge in [0.05, 0.1) is 6.07 Å². The van der Waals surface area contributed by atoms with Gasteiger partial charge in [-0.2, -0.15) is 5.26 Å². The number of nitriles is 1. The molecule has 4 nitrogen and oxygen atoms in total. The van der Waals surface area contributed by atoms with Gasteiger partial charge < -0.3 is 4.74 Å². The predicted octanol–water partition coefficient (Wildman–Crippen LogP) is 6.09. The molecule has 0 unspecified atom stereocenters. The number of Topliss-reactive ketones (excluding diaryl/α,β-unsaturated/α-hetero) is 1. The summed E-state index contributed by atoms with van der Waals surface area (Å²) in [5.74, 6) is -0.526. The summed E-state index contributed by atoms with van der Waals surface area (Å²) in [4.78, 5) is 25.8. The van der Waals surface area contributed by atoms with Crippen LogP contribution in [0.25, 0.3) is 0 Å². The molecular formula is C27H29NO3. The van der Waals surface area contributed by atoms with Crippen molar-refractivity contribution in [3.8, 4) is 6.07 Å². The summed E-state index contributed by atoms with van der Waals surface area (Å²) in [6.07, 6.45) is 5.93. The van der Waals surface area contributed by atoms with Crippen molar-refractivity contribution >= 4 is 11.8 Å². The fourth-order valence-corrected chi connectivity index (χ4v) is 4.00. The molecule has 2 aromatic rings. The van der Waals surface area contributed by atoms with E-state index in [0.717, 1.165) is 36.8 Å². The number of hydrogen-bond acceptors (Lipinski definition) is 4. The Hall–Kier alpha value is -3.19. The molecule has 4 heteroatoms. The molecule has 31 heavy (non-hydrogen) atoms. The van der Waals surface area contributed by atoms with E-state index in [1.807, 2.05) is 60.7 Å². The quantitative estimate of drug-likeness (QED) is 0.348. The van der Waals surface area contributed by atoms with Crippen molar-refractivity contribution in [2.45, 2.75) is 58.0 Å². The van der Waals surface area contributed by atoms with Crippen LogP contribution in [0.3, 0.4) is 0 Å². The van der Waals surface area contributed by atoms with Crippen molar-refractivity contribution in [3.63, 3.8) is 0 Å². The highest BCUT2D eigenvalue weighted by Gasteiger charge is 2.43. The van der Waals surface area contributed by atoms with Crippen molar-refractivity contribution in [2.75, 3.05) is 0 Å². The van der Waals surface area contributed by atoms with E-state index in [1.165, 1.54) is 0 Å². The Bertz CT molecular complexity index is 919. The second-order valence-electron chi connectivity index (χ2n) is 8.14. The lowest BCUT2D eigenvalue weighted by atomic mass is 9.79. The Morgan fingerprint density at radius 3 is 2.16 bits per heavy atom. The van der Waals surface area contributed by atoms with Gasteiger partial charge in [0.15, 0.2) is 11.9 Å². The number of carbonyl (C=O) groups excluding carboxylic acids is 2. The highest BCUT2D eigenvalue weighted by atomic mass is 16.5. The fourth-order valence-electron chi connectivity index (χ4n) is 4.00. The Morgan fingerprint density at radius 1 is 1.00 bits per heavy atom. The topological polar surface area (TPSA) is 67.2 Å². The van der Waals surface area contributed by atoms with Gasteiger partial charge >= 0.3 is 5.97 Å². The van der Waals surface area contributed by atoms with E-state index in [-0.39, 0.29) is 18.6 Å². The Morgan fingerprint density at radius 2 is 1.61 bits per heavy atom. The summed E-state index contributed by atoms with van der Waals surface area (Å²) in [6.45, 7) is 2.12. The first-order chi connectivity index (χ1) is 15.1. The van der Waals surface area contributed by atoms with E-state index in [2.05, 4.69) is 13.0 Å². The first-order valence-corrected chi connectivity index (χ1v) is 11.0. The molecule has 0 aromatic heterocycles. The normalized spacial score (nSPS) is 17.8. The number of carbonyl (C=O) groups is 2. The van der Waals surface area contributed by atoms with Gasteiger partial charge in [-0.25, -0.2) is 4.79 Å². The number of nitrogens with zero attached hydrogens (tertiary/aromatic N) is 1. The summed E-state index contributed by atoms with van der Waals surface area (Å²) in [5.41, 5.74) is 1.04. The average Bonchev–Trinajstić information content (AvgIpc) is 3.27. The lowest BCUT2D eigenvalue weighted by Crippen LogP contribution is -2.28. The molecule has 0 radical (unpaired) electrons. The van der Waals surface area contributed by atoms with Gasteiger partial charge in [-0.15, -0.1) is 0 Å². The highest BCUT2D eigenvalue weighted by Crippen LogP contribution is 2.40. The molecule has 3 rings (SSSR count). The van der Waals surface area contributed by atoms with Crippen molar-refractivity contribution in [3.05, 3.63) is 83.4 Å². The molecule has 0 amide bonds. The number of benzene rings is 2. The maximum absolute atomic E-state index is 13.0. The van der Waals surface area contributed by atoms with Crippen LogP contribution in [0.15, 0.2) is 72.3 Å². The van der Waals surface area contributed by atoms with Crippen molar-refractivity contribution in [2.24, 2.45) is 5.41 Å². The largest absolute Gasteiger partial charge is 0.449 e. The molecule has 0 saturated carbocycles. The molecule has 0 heterocycles. The van der Waals surface area contributed by atoms with Crippen LogP contribution in [-0.2, 0) is 14.3 Å². The minimum Gasteiger partial charge on any atom is -0.449 e. The van der Waals surface area contributed by atoms with Gasteiger partial charge in [-0.3, -0.25) is 4.79 Å². The monoisotopic (exact) mass is 415 g/mol. The van der Waals surface area contributed by atoms with Crippen LogP contribution in [0.1, 0.15) is 69.1 Å². The lowest BCUT2D eigenvalue weighted by molar-refractivity contribution is -0.143. The molecule has 0 aliphatic heterocycles. The highest BCUT2D eigenvalue weighted by molar-refractivity contribution is 5.95. The van der Waals surface area contributed by atoms with Crippen LogP contribution in [0.2, 0.25) is 0 Å². The molecule has 1 atom stereocenters. The molecule has 1 aliphatic carbocycles. The van der Waals surface area contributed by atoms with E-state index in [1.54, 1.807) is 6.08 Å². The third-order valence-electron chi connectivity index (χ3n) is 5.89. The summed E-state index contributed by atoms with van der Waals surface area (Å²) < 4.78 is 5.91. The van der Waals surface area contributed by atoms with Gasteiger partial charge in [0.1, 0.15) is 5.41 Å². The number of hydrogen-bond donors (Lipinski definition) is 0. The molecule has 0 fully saturated rings. The molecule has 160 valence electrons. The summed E-state index contributed by atoms with van der Waals surface area (Å²) >= 11 is 0. The minimum absolute atomic E-state index is 0.0622. The van der Waals surface area contributed by atoms with E-state index in [0.29, 0.717) is 12.0 Å². The standard InChI is InChI=1S/C27H29NO3/c1-2-3-4-11-16-24(29)27(20-28)18-17-23(19-27)26(30)31-25(21-12-7-5-8-13-21)22-14-9-6-10-15-22/h5-10,12-15,17,25H,2-4,11,16,18-19H2,1H3/t27-/m0/s1. The van der Waals surface area contributed by atoms with Crippen LogP contribution in [0, 0.1) is 16.7 Å². The van der Waals surface area contributed by atoms with Crippen molar-refractivity contribution in [1.29, 1.82) is 5.26 Å². The van der Waals surface area contributed by atoms with Crippen LogP contribution >= 0.6 is 0 Å². The summed E-state index contributed by atoms with van der Waals surface area (Å²) in [7, 11) is 0. The van der Waals surface area contributed by atoms with Gasteiger partial charge in [0, 0.05) is 18.4 Å². The van der Waals surface area contributed by atoms with Crippen LogP contribution in [0.4, 0.5) is 0 Å². The summed E-state index contributed by atoms with van der Waals surface area (Å²) in [5, 5.41) is 9.77. The van der Waals surface area contributed by atoms with Crippen molar-refractivity contribution < 1.29 is 14.3 Å². The first kappa shape index (κ1) is 22.5. The molecule has 0 N–H and O–H groups in total. The number of esters is 1. The Kier molecular flexibility index (Phi) is 7.78. The van der Waals surface area contributed by atoms with Gasteiger partial charge in [-0.05, 0) is 24.0 Å². The van der Waals surface area contributed by atoms with Gasteiger partial charge in [-0.1, -0.05) is 92.9 Å². The zero-order valence-corrected chi connectivity index (χ0v) is 18.0. The van der Waals surface area contributed by atoms with Crippen molar-refractivity contribution in [1.82, 2.24) is 0 Å². The smallest absolute Gasteiger partial charge is 0.334 e. The van der Waals surface area contributed by atoms with E-state index >= 15 is 0 Å². The summed E-state index contributed by atoms with van der Waals surface area (Å²) in [6, 6.07) is 21.4. The Balaban J connectivity index is 1.71. The second-order valence-corrected chi connectivity index (χ2v) is 8.14. The fraction of sp³-hybridized carbons (Fsp3) is 0.370. The van der Waals surface area contributed by atoms with Crippen LogP contribution < -0.4 is 0 Å². The number of ketones is 1. The Labute approximate surface area is 184 Å². The maximum atomic E-state index is 13.0. The molecular weight excluding hydrogens is 386 g/mol. The number of ether oxygens (including phenoxy) is 1. The molecule has 2 aromatic carbocycles. The SMILES string of the molecule is CCCCCCC(=O)[C@@]1(C#N)CC=C(C(=O)OC(c2ccccc2)c2ccccc2)C1. The van der Waals surface area contributed by atoms with Crippen LogP contribution in [-0.4, -0.2) is 11.8 Å². The van der Waals surface area contributed by atoms with Crippen LogP contribution in [0.5, 0.6) is 0 Å². The first-order valence-electron chi connectivity index (χ1n) is 11.0. The number of allylic oxidation sites excluding steroid dienone is 1. The lowest BCUT2D eigenvalue weighted by Gasteiger charge is -2.21. The maximum Gasteiger partial charge on any atom is 0.334 e. The van der Waals surface area contributed by atoms with E-state index in [9.17, 15) is 14.9 Å². The van der Waals surface area contributed by atoms with E-state index in [4.69, 9.17) is 4.74 Å². The third-order valence-corrected chi connectivity index (χ3v) is 5.89. The second kappa shape index (κ2) is 10.7. The van der Waals surface area contributed by atoms with Gasteiger partial charge in [0.2, 0.25) is 0 Å².